The van der Waals surface area contributed by atoms with Crippen LogP contribution in [0.15, 0.2) is 18.2 Å². The predicted octanol–water partition coefficient (Wildman–Crippen LogP) is 2.28. The van der Waals surface area contributed by atoms with Crippen LogP contribution < -0.4 is 14.8 Å². The highest BCUT2D eigenvalue weighted by Gasteiger charge is 2.27. The van der Waals surface area contributed by atoms with E-state index in [1.165, 1.54) is 0 Å². The summed E-state index contributed by atoms with van der Waals surface area (Å²) in [5.41, 5.74) is 0.606. The van der Waals surface area contributed by atoms with Gasteiger partial charge in [0.25, 0.3) is 5.91 Å². The van der Waals surface area contributed by atoms with Crippen LogP contribution in [-0.2, 0) is 4.74 Å². The average molecular weight is 348 g/mol. The van der Waals surface area contributed by atoms with E-state index in [0.717, 1.165) is 39.1 Å². The molecule has 1 N–H and O–H groups in total. The number of amides is 1. The van der Waals surface area contributed by atoms with Gasteiger partial charge in [-0.25, -0.2) is 0 Å². The molecule has 25 heavy (non-hydrogen) atoms. The van der Waals surface area contributed by atoms with E-state index in [0.29, 0.717) is 35.6 Å². The lowest BCUT2D eigenvalue weighted by Gasteiger charge is -2.38. The van der Waals surface area contributed by atoms with Gasteiger partial charge in [-0.15, -0.1) is 0 Å². The molecule has 2 aliphatic heterocycles. The third-order valence-corrected chi connectivity index (χ3v) is 5.21. The molecular formula is C19H28N2O4. The normalized spacial score (nSPS) is 18.4. The van der Waals surface area contributed by atoms with Gasteiger partial charge in [-0.3, -0.25) is 9.69 Å². The minimum absolute atomic E-state index is 0.0671. The van der Waals surface area contributed by atoms with Crippen LogP contribution in [0.1, 0.15) is 37.0 Å². The second kappa shape index (κ2) is 8.54. The van der Waals surface area contributed by atoms with Crippen molar-refractivity contribution in [2.24, 2.45) is 5.92 Å². The topological polar surface area (TPSA) is 60.0 Å². The van der Waals surface area contributed by atoms with Crippen molar-refractivity contribution in [2.45, 2.75) is 32.7 Å². The van der Waals surface area contributed by atoms with Crippen molar-refractivity contribution >= 4 is 5.91 Å². The van der Waals surface area contributed by atoms with Crippen LogP contribution in [0.4, 0.5) is 0 Å². The second-order valence-electron chi connectivity index (χ2n) is 6.57. The molecule has 0 aliphatic carbocycles. The molecule has 1 aromatic rings. The summed E-state index contributed by atoms with van der Waals surface area (Å²) in [6.45, 7) is 8.72. The van der Waals surface area contributed by atoms with Gasteiger partial charge in [0, 0.05) is 31.2 Å². The average Bonchev–Trinajstić information content (AvgIpc) is 3.13. The molecule has 0 saturated carbocycles. The first-order chi connectivity index (χ1) is 12.2. The number of nitrogens with zero attached hydrogens (tertiary/aromatic N) is 1. The van der Waals surface area contributed by atoms with Crippen molar-refractivity contribution in [1.29, 1.82) is 0 Å². The molecule has 2 heterocycles. The van der Waals surface area contributed by atoms with Crippen molar-refractivity contribution in [3.05, 3.63) is 23.8 Å². The lowest BCUT2D eigenvalue weighted by molar-refractivity contribution is 0.00191. The maximum atomic E-state index is 12.6. The summed E-state index contributed by atoms with van der Waals surface area (Å²) >= 11 is 0. The SMILES string of the molecule is CCC(CC)[C@H](CNC(=O)c1ccc2c(c1)OCO2)N1CCOCC1. The number of rotatable bonds is 7. The number of hydrogen-bond donors (Lipinski definition) is 1. The molecule has 1 fully saturated rings. The Bertz CT molecular complexity index is 583. The molecule has 3 rings (SSSR count). The Hall–Kier alpha value is -1.79. The van der Waals surface area contributed by atoms with Gasteiger partial charge in [0.1, 0.15) is 0 Å². The van der Waals surface area contributed by atoms with Gasteiger partial charge in [0.2, 0.25) is 6.79 Å². The molecule has 0 aromatic heterocycles. The van der Waals surface area contributed by atoms with Crippen molar-refractivity contribution in [3.8, 4) is 11.5 Å². The van der Waals surface area contributed by atoms with Crippen LogP contribution in [0, 0.1) is 5.92 Å². The van der Waals surface area contributed by atoms with Crippen LogP contribution in [-0.4, -0.2) is 56.5 Å². The Morgan fingerprint density at radius 1 is 1.16 bits per heavy atom. The molecule has 6 nitrogen and oxygen atoms in total. The van der Waals surface area contributed by atoms with Gasteiger partial charge >= 0.3 is 0 Å². The molecule has 0 unspecified atom stereocenters. The van der Waals surface area contributed by atoms with Crippen LogP contribution in [0.25, 0.3) is 0 Å². The minimum Gasteiger partial charge on any atom is -0.454 e. The molecule has 1 saturated heterocycles. The largest absolute Gasteiger partial charge is 0.454 e. The first kappa shape index (κ1) is 18.0. The molecular weight excluding hydrogens is 320 g/mol. The number of benzene rings is 1. The summed E-state index contributed by atoms with van der Waals surface area (Å²) in [5, 5.41) is 3.12. The van der Waals surface area contributed by atoms with Crippen LogP contribution >= 0.6 is 0 Å². The third-order valence-electron chi connectivity index (χ3n) is 5.21. The number of hydrogen-bond acceptors (Lipinski definition) is 5. The van der Waals surface area contributed by atoms with E-state index in [4.69, 9.17) is 14.2 Å². The number of carbonyl (C=O) groups is 1. The summed E-state index contributed by atoms with van der Waals surface area (Å²) in [6, 6.07) is 5.66. The van der Waals surface area contributed by atoms with E-state index in [1.807, 2.05) is 0 Å². The quantitative estimate of drug-likeness (QED) is 0.819. The van der Waals surface area contributed by atoms with Crippen LogP contribution in [0.5, 0.6) is 11.5 Å². The summed E-state index contributed by atoms with van der Waals surface area (Å²) in [4.78, 5) is 15.0. The lowest BCUT2D eigenvalue weighted by Crippen LogP contribution is -2.52. The van der Waals surface area contributed by atoms with Crippen molar-refractivity contribution in [2.75, 3.05) is 39.6 Å². The van der Waals surface area contributed by atoms with E-state index in [2.05, 4.69) is 24.1 Å². The number of ether oxygens (including phenoxy) is 3. The fraction of sp³-hybridized carbons (Fsp3) is 0.632. The van der Waals surface area contributed by atoms with E-state index >= 15 is 0 Å². The molecule has 6 heteroatoms. The van der Waals surface area contributed by atoms with Gasteiger partial charge in [-0.1, -0.05) is 26.7 Å². The van der Waals surface area contributed by atoms with E-state index in [-0.39, 0.29) is 12.7 Å². The summed E-state index contributed by atoms with van der Waals surface area (Å²) < 4.78 is 16.1. The maximum absolute atomic E-state index is 12.6. The van der Waals surface area contributed by atoms with Crippen molar-refractivity contribution in [1.82, 2.24) is 10.2 Å². The van der Waals surface area contributed by atoms with Crippen molar-refractivity contribution < 1.29 is 19.0 Å². The molecule has 2 aliphatic rings. The highest BCUT2D eigenvalue weighted by molar-refractivity contribution is 5.94. The van der Waals surface area contributed by atoms with Gasteiger partial charge in [0.15, 0.2) is 11.5 Å². The van der Waals surface area contributed by atoms with E-state index < -0.39 is 0 Å². The first-order valence-electron chi connectivity index (χ1n) is 9.22. The molecule has 0 bridgehead atoms. The molecule has 1 aromatic carbocycles. The van der Waals surface area contributed by atoms with Gasteiger partial charge < -0.3 is 19.5 Å². The van der Waals surface area contributed by atoms with Crippen LogP contribution in [0.2, 0.25) is 0 Å². The third kappa shape index (κ3) is 4.25. The van der Waals surface area contributed by atoms with Gasteiger partial charge in [-0.2, -0.15) is 0 Å². The summed E-state index contributed by atoms with van der Waals surface area (Å²) in [6.07, 6.45) is 2.22. The number of morpholine rings is 1. The fourth-order valence-electron chi connectivity index (χ4n) is 3.67. The molecule has 1 amide bonds. The number of fused-ring (bicyclic) bond motifs is 1. The summed E-state index contributed by atoms with van der Waals surface area (Å²) in [5.74, 6) is 1.83. The molecule has 0 spiro atoms. The highest BCUT2D eigenvalue weighted by atomic mass is 16.7. The number of nitrogens with one attached hydrogen (secondary N) is 1. The molecule has 0 radical (unpaired) electrons. The smallest absolute Gasteiger partial charge is 0.251 e. The Morgan fingerprint density at radius 3 is 2.60 bits per heavy atom. The first-order valence-corrected chi connectivity index (χ1v) is 9.22. The standard InChI is InChI=1S/C19H28N2O4/c1-3-14(4-2)16(21-7-9-23-10-8-21)12-20-19(22)15-5-6-17-18(11-15)25-13-24-17/h5-6,11,14,16H,3-4,7-10,12-13H2,1-2H3,(H,20,22)/t16-/m0/s1. The Balaban J connectivity index is 1.64. The molecule has 1 atom stereocenters. The predicted molar refractivity (Wildman–Crippen MR) is 95.2 cm³/mol. The monoisotopic (exact) mass is 348 g/mol. The van der Waals surface area contributed by atoms with Gasteiger partial charge in [-0.05, 0) is 24.1 Å². The lowest BCUT2D eigenvalue weighted by atomic mass is 9.92. The van der Waals surface area contributed by atoms with Crippen molar-refractivity contribution in [3.63, 3.8) is 0 Å². The Labute approximate surface area is 149 Å². The maximum Gasteiger partial charge on any atom is 0.251 e. The van der Waals surface area contributed by atoms with Crippen LogP contribution in [0.3, 0.4) is 0 Å². The molecule has 138 valence electrons. The Kier molecular flexibility index (Phi) is 6.15. The zero-order chi connectivity index (χ0) is 17.6. The van der Waals surface area contributed by atoms with E-state index in [1.54, 1.807) is 18.2 Å². The summed E-state index contributed by atoms with van der Waals surface area (Å²) in [7, 11) is 0. The number of carbonyl (C=O) groups excluding carboxylic acids is 1. The highest BCUT2D eigenvalue weighted by Crippen LogP contribution is 2.32. The minimum atomic E-state index is -0.0671. The fourth-order valence-corrected chi connectivity index (χ4v) is 3.67. The Morgan fingerprint density at radius 2 is 1.88 bits per heavy atom. The zero-order valence-electron chi connectivity index (χ0n) is 15.1. The zero-order valence-corrected chi connectivity index (χ0v) is 15.1. The second-order valence-corrected chi connectivity index (χ2v) is 6.57. The van der Waals surface area contributed by atoms with Gasteiger partial charge in [0.05, 0.1) is 13.2 Å². The van der Waals surface area contributed by atoms with E-state index in [9.17, 15) is 4.79 Å².